The van der Waals surface area contributed by atoms with Gasteiger partial charge in [-0.25, -0.2) is 0 Å². The van der Waals surface area contributed by atoms with Gasteiger partial charge in [0.15, 0.2) is 5.78 Å². The third-order valence-corrected chi connectivity index (χ3v) is 9.69. The van der Waals surface area contributed by atoms with Crippen LogP contribution in [-0.2, 0) is 11.3 Å². The fraction of sp³-hybridized carbons (Fsp3) is 0.486. The van der Waals surface area contributed by atoms with E-state index < -0.39 is 6.36 Å². The Labute approximate surface area is 256 Å². The maximum Gasteiger partial charge on any atom is 0.573 e. The van der Waals surface area contributed by atoms with Crippen LogP contribution in [0, 0.1) is 0 Å². The van der Waals surface area contributed by atoms with Gasteiger partial charge in [-0.2, -0.15) is 0 Å². The first-order valence-corrected chi connectivity index (χ1v) is 15.8. The van der Waals surface area contributed by atoms with Crippen LogP contribution in [0.15, 0.2) is 42.0 Å². The lowest BCUT2D eigenvalue weighted by Gasteiger charge is -2.29. The molecule has 2 fully saturated rings. The van der Waals surface area contributed by atoms with Gasteiger partial charge in [-0.3, -0.25) is 9.59 Å². The molecule has 0 spiro atoms. The molecule has 1 amide bonds. The van der Waals surface area contributed by atoms with Gasteiger partial charge in [-0.15, -0.1) is 13.2 Å². The van der Waals surface area contributed by atoms with Crippen molar-refractivity contribution >= 4 is 28.7 Å². The minimum Gasteiger partial charge on any atom is -0.405 e. The number of fused-ring (bicyclic) bond motifs is 5. The van der Waals surface area contributed by atoms with Crippen LogP contribution < -0.4 is 4.74 Å². The molecule has 1 saturated heterocycles. The molecule has 1 unspecified atom stereocenters. The van der Waals surface area contributed by atoms with Crippen LogP contribution >= 0.6 is 0 Å². The smallest absolute Gasteiger partial charge is 0.405 e. The Morgan fingerprint density at radius 3 is 2.52 bits per heavy atom. The SMILES string of the molecule is CCN(C)CC1CCCN1C(=O)C1=Cc2c(OC(F)(F)F)cccc2-c2c(C3CCCCC3)c3ccc(C(C)=O)cc3n2C1. The van der Waals surface area contributed by atoms with E-state index in [-0.39, 0.29) is 41.5 Å². The maximum atomic E-state index is 14.4. The summed E-state index contributed by atoms with van der Waals surface area (Å²) < 4.78 is 47.8. The summed E-state index contributed by atoms with van der Waals surface area (Å²) in [6.07, 6.45) is 3.77. The van der Waals surface area contributed by atoms with Gasteiger partial charge in [0, 0.05) is 52.3 Å². The summed E-state index contributed by atoms with van der Waals surface area (Å²) in [5.41, 5.74) is 4.58. The van der Waals surface area contributed by atoms with Crippen LogP contribution in [0.1, 0.15) is 86.2 Å². The van der Waals surface area contributed by atoms with Gasteiger partial charge in [-0.05, 0) is 75.9 Å². The van der Waals surface area contributed by atoms with E-state index in [1.807, 2.05) is 36.2 Å². The minimum absolute atomic E-state index is 0.0285. The fourth-order valence-corrected chi connectivity index (χ4v) is 7.45. The molecule has 3 aliphatic rings. The van der Waals surface area contributed by atoms with E-state index in [0.717, 1.165) is 80.2 Å². The zero-order valence-electron chi connectivity index (χ0n) is 25.7. The van der Waals surface area contributed by atoms with Crippen molar-refractivity contribution in [1.82, 2.24) is 14.4 Å². The minimum atomic E-state index is -4.89. The molecule has 1 aliphatic carbocycles. The third kappa shape index (κ3) is 5.78. The zero-order valence-corrected chi connectivity index (χ0v) is 25.7. The molecule has 44 heavy (non-hydrogen) atoms. The highest BCUT2D eigenvalue weighted by molar-refractivity contribution is 6.04. The van der Waals surface area contributed by atoms with Crippen LogP contribution in [0.5, 0.6) is 5.75 Å². The number of benzene rings is 2. The van der Waals surface area contributed by atoms with Crippen molar-refractivity contribution in [2.45, 2.75) is 83.7 Å². The second-order valence-electron chi connectivity index (χ2n) is 12.6. The highest BCUT2D eigenvalue weighted by Crippen LogP contribution is 2.48. The molecule has 0 radical (unpaired) electrons. The average Bonchev–Trinajstić information content (AvgIpc) is 3.53. The third-order valence-electron chi connectivity index (χ3n) is 9.69. The summed E-state index contributed by atoms with van der Waals surface area (Å²) in [6.45, 7) is 5.99. The summed E-state index contributed by atoms with van der Waals surface area (Å²) in [7, 11) is 2.03. The molecule has 9 heteroatoms. The number of ketones is 1. The molecule has 6 nitrogen and oxygen atoms in total. The summed E-state index contributed by atoms with van der Waals surface area (Å²) >= 11 is 0. The Morgan fingerprint density at radius 2 is 1.82 bits per heavy atom. The fourth-order valence-electron chi connectivity index (χ4n) is 7.45. The second kappa shape index (κ2) is 12.1. The Hall–Kier alpha value is -3.59. The molecule has 1 saturated carbocycles. The Bertz CT molecular complexity index is 1620. The number of likely N-dealkylation sites (N-methyl/N-ethyl adjacent to an activating group) is 1. The number of rotatable bonds is 7. The number of aromatic nitrogens is 1. The number of Topliss-reactive ketones (excluding diaryl/α,β-unsaturated/α-hetero) is 1. The molecule has 234 valence electrons. The lowest BCUT2D eigenvalue weighted by atomic mass is 9.81. The van der Waals surface area contributed by atoms with Gasteiger partial charge in [-0.1, -0.05) is 50.5 Å². The Kier molecular flexibility index (Phi) is 8.35. The molecule has 1 aromatic heterocycles. The molecule has 2 aliphatic heterocycles. The quantitative estimate of drug-likeness (QED) is 0.257. The number of ether oxygens (including phenoxy) is 1. The zero-order chi connectivity index (χ0) is 31.2. The van der Waals surface area contributed by atoms with E-state index >= 15 is 0 Å². The van der Waals surface area contributed by atoms with E-state index in [1.165, 1.54) is 13.0 Å². The van der Waals surface area contributed by atoms with Gasteiger partial charge in [0.25, 0.3) is 5.91 Å². The van der Waals surface area contributed by atoms with Gasteiger partial charge < -0.3 is 19.1 Å². The van der Waals surface area contributed by atoms with Crippen molar-refractivity contribution in [1.29, 1.82) is 0 Å². The summed E-state index contributed by atoms with van der Waals surface area (Å²) in [6, 6.07) is 10.5. The van der Waals surface area contributed by atoms with Gasteiger partial charge in [0.05, 0.1) is 12.2 Å². The van der Waals surface area contributed by atoms with Crippen LogP contribution in [0.2, 0.25) is 0 Å². The molecule has 1 atom stereocenters. The lowest BCUT2D eigenvalue weighted by molar-refractivity contribution is -0.274. The second-order valence-corrected chi connectivity index (χ2v) is 12.6. The standard InChI is InChI=1S/C35H40F3N3O3/c1-4-39(3)21-26-12-9-17-40(26)34(43)25-18-29-27(13-8-14-31(29)44-35(36,37)38)33-32(23-10-6-5-7-11-23)28-16-15-24(22(2)42)19-30(28)41(33)20-25/h8,13-16,18-19,23,26H,4-7,9-12,17,20-21H2,1-3H3. The summed E-state index contributed by atoms with van der Waals surface area (Å²) in [5, 5.41) is 0.988. The van der Waals surface area contributed by atoms with E-state index in [2.05, 4.69) is 21.1 Å². The van der Waals surface area contributed by atoms with Gasteiger partial charge >= 0.3 is 6.36 Å². The summed E-state index contributed by atoms with van der Waals surface area (Å²) in [5.74, 6) is -0.332. The lowest BCUT2D eigenvalue weighted by Crippen LogP contribution is -2.43. The summed E-state index contributed by atoms with van der Waals surface area (Å²) in [4.78, 5) is 30.9. The van der Waals surface area contributed by atoms with Crippen LogP contribution in [0.25, 0.3) is 28.2 Å². The predicted molar refractivity (Wildman–Crippen MR) is 166 cm³/mol. The van der Waals surface area contributed by atoms with E-state index in [1.54, 1.807) is 12.1 Å². The molecular formula is C35H40F3N3O3. The molecule has 2 aromatic carbocycles. The molecule has 6 rings (SSSR count). The topological polar surface area (TPSA) is 54.8 Å². The van der Waals surface area contributed by atoms with Crippen molar-refractivity contribution in [3.05, 3.63) is 58.7 Å². The first kappa shape index (κ1) is 30.4. The van der Waals surface area contributed by atoms with Crippen molar-refractivity contribution in [3.63, 3.8) is 0 Å². The van der Waals surface area contributed by atoms with Crippen molar-refractivity contribution in [2.75, 3.05) is 26.7 Å². The van der Waals surface area contributed by atoms with Crippen molar-refractivity contribution in [3.8, 4) is 17.0 Å². The first-order valence-electron chi connectivity index (χ1n) is 15.8. The van der Waals surface area contributed by atoms with Gasteiger partial charge in [0.2, 0.25) is 0 Å². The van der Waals surface area contributed by atoms with E-state index in [4.69, 9.17) is 0 Å². The Balaban J connectivity index is 1.58. The monoisotopic (exact) mass is 607 g/mol. The van der Waals surface area contributed by atoms with E-state index in [0.29, 0.717) is 23.2 Å². The van der Waals surface area contributed by atoms with Crippen LogP contribution in [0.4, 0.5) is 13.2 Å². The molecule has 0 N–H and O–H groups in total. The molecule has 3 aromatic rings. The number of nitrogens with zero attached hydrogens (tertiary/aromatic N) is 3. The molecular weight excluding hydrogens is 567 g/mol. The van der Waals surface area contributed by atoms with E-state index in [9.17, 15) is 22.8 Å². The predicted octanol–water partition coefficient (Wildman–Crippen LogP) is 7.80. The van der Waals surface area contributed by atoms with Crippen molar-refractivity contribution in [2.24, 2.45) is 0 Å². The largest absolute Gasteiger partial charge is 0.573 e. The number of hydrogen-bond acceptors (Lipinski definition) is 4. The highest BCUT2D eigenvalue weighted by atomic mass is 19.4. The Morgan fingerprint density at radius 1 is 1.05 bits per heavy atom. The number of hydrogen-bond donors (Lipinski definition) is 0. The number of alkyl halides is 3. The molecule has 3 heterocycles. The number of carbonyl (C=O) groups is 2. The van der Waals surface area contributed by atoms with Crippen LogP contribution in [-0.4, -0.2) is 65.1 Å². The molecule has 0 bridgehead atoms. The maximum absolute atomic E-state index is 14.4. The highest BCUT2D eigenvalue weighted by Gasteiger charge is 2.37. The average molecular weight is 608 g/mol. The van der Waals surface area contributed by atoms with Crippen molar-refractivity contribution < 1.29 is 27.5 Å². The number of amides is 1. The first-order chi connectivity index (χ1) is 21.1. The van der Waals surface area contributed by atoms with Gasteiger partial charge in [0.1, 0.15) is 5.75 Å². The normalized spacial score (nSPS) is 19.1. The number of carbonyl (C=O) groups excluding carboxylic acids is 2. The number of likely N-dealkylation sites (tertiary alicyclic amines) is 1. The van der Waals surface area contributed by atoms with Crippen LogP contribution in [0.3, 0.4) is 0 Å². The number of halogens is 3.